The Morgan fingerprint density at radius 1 is 0.761 bits per heavy atom. The van der Waals surface area contributed by atoms with Crippen molar-refractivity contribution in [3.63, 3.8) is 0 Å². The van der Waals surface area contributed by atoms with E-state index in [9.17, 15) is 24.3 Å². The van der Waals surface area contributed by atoms with Crippen LogP contribution >= 0.6 is 0 Å². The maximum absolute atomic E-state index is 13.3. The van der Waals surface area contributed by atoms with Crippen molar-refractivity contribution >= 4 is 23.7 Å². The van der Waals surface area contributed by atoms with Crippen molar-refractivity contribution < 1.29 is 33.8 Å². The summed E-state index contributed by atoms with van der Waals surface area (Å²) in [5.74, 6) is -1.14. The van der Waals surface area contributed by atoms with Gasteiger partial charge in [0.1, 0.15) is 17.0 Å². The number of ether oxygens (including phenoxy) is 2. The molecule has 1 atom stereocenters. The van der Waals surface area contributed by atoms with Gasteiger partial charge in [0.2, 0.25) is 0 Å². The first kappa shape index (κ1) is 39.3. The van der Waals surface area contributed by atoms with E-state index in [-0.39, 0.29) is 42.4 Å². The normalized spacial score (nSPS) is 18.9. The lowest BCUT2D eigenvalue weighted by Crippen LogP contribution is -2.54. The van der Waals surface area contributed by atoms with E-state index in [0.29, 0.717) is 58.2 Å². The van der Waals surface area contributed by atoms with Crippen LogP contribution in [0.5, 0.6) is 0 Å². The highest BCUT2D eigenvalue weighted by atomic mass is 16.6. The molecule has 46 heavy (non-hydrogen) atoms. The summed E-state index contributed by atoms with van der Waals surface area (Å²) >= 11 is 0. The number of hydrogen-bond donors (Lipinski definition) is 1. The minimum absolute atomic E-state index is 0.0549. The van der Waals surface area contributed by atoms with E-state index in [4.69, 9.17) is 9.47 Å². The molecule has 1 saturated heterocycles. The Kier molecular flexibility index (Phi) is 15.3. The quantitative estimate of drug-likeness (QED) is 0.356. The standard InChI is InChI=1S/C35H58N4O7/c1-26(2)21-36-14-15-37(22-27(3)40)16-17-38(24-31(41)45-34(4,5)6)23-30(20-28-10-12-29(13-11-28)33(43)44)39(19-18-36)25-32(42)46-35(7,8)9/h10-13,26,30H,14-25H2,1-9H3,(H,43,44). The van der Waals surface area contributed by atoms with Gasteiger partial charge in [-0.1, -0.05) is 26.0 Å². The van der Waals surface area contributed by atoms with E-state index in [1.54, 1.807) is 19.1 Å². The number of hydrogen-bond acceptors (Lipinski definition) is 10. The molecule has 0 radical (unpaired) electrons. The Bertz CT molecular complexity index is 1140. The van der Waals surface area contributed by atoms with E-state index < -0.39 is 17.2 Å². The molecule has 0 saturated carbocycles. The lowest BCUT2D eigenvalue weighted by atomic mass is 10.0. The number of esters is 2. The topological polar surface area (TPSA) is 120 Å². The molecule has 11 nitrogen and oxygen atoms in total. The fourth-order valence-electron chi connectivity index (χ4n) is 5.62. The fraction of sp³-hybridized carbons (Fsp3) is 0.714. The highest BCUT2D eigenvalue weighted by Gasteiger charge is 2.29. The maximum Gasteiger partial charge on any atom is 0.335 e. The molecule has 0 aliphatic carbocycles. The first-order chi connectivity index (χ1) is 21.3. The van der Waals surface area contributed by atoms with Gasteiger partial charge in [-0.2, -0.15) is 0 Å². The smallest absolute Gasteiger partial charge is 0.335 e. The number of aromatic carboxylic acids is 1. The van der Waals surface area contributed by atoms with Gasteiger partial charge in [-0.15, -0.1) is 0 Å². The van der Waals surface area contributed by atoms with Gasteiger partial charge >= 0.3 is 17.9 Å². The molecule has 11 heteroatoms. The predicted molar refractivity (Wildman–Crippen MR) is 179 cm³/mol. The number of carboxylic acid groups (broad SMARTS) is 1. The molecule has 0 amide bonds. The molecule has 1 unspecified atom stereocenters. The largest absolute Gasteiger partial charge is 0.478 e. The van der Waals surface area contributed by atoms with Gasteiger partial charge in [-0.25, -0.2) is 4.79 Å². The fourth-order valence-corrected chi connectivity index (χ4v) is 5.62. The number of benzene rings is 1. The lowest BCUT2D eigenvalue weighted by molar-refractivity contribution is -0.159. The van der Waals surface area contributed by atoms with Crippen molar-refractivity contribution in [2.24, 2.45) is 5.92 Å². The Balaban J connectivity index is 2.54. The molecule has 1 aromatic carbocycles. The molecule has 1 heterocycles. The van der Waals surface area contributed by atoms with Crippen molar-refractivity contribution in [3.8, 4) is 0 Å². The zero-order chi connectivity index (χ0) is 34.7. The summed E-state index contributed by atoms with van der Waals surface area (Å²) in [7, 11) is 0. The number of Topliss-reactive ketones (excluding diaryl/α,β-unsaturated/α-hetero) is 1. The molecule has 1 aliphatic heterocycles. The zero-order valence-electron chi connectivity index (χ0n) is 29.6. The minimum Gasteiger partial charge on any atom is -0.478 e. The van der Waals surface area contributed by atoms with Gasteiger partial charge in [-0.3, -0.25) is 29.1 Å². The summed E-state index contributed by atoms with van der Waals surface area (Å²) in [5, 5.41) is 9.43. The first-order valence-corrected chi connectivity index (χ1v) is 16.5. The van der Waals surface area contributed by atoms with Crippen LogP contribution in [0.15, 0.2) is 24.3 Å². The van der Waals surface area contributed by atoms with Crippen LogP contribution in [0.25, 0.3) is 0 Å². The molecular weight excluding hydrogens is 588 g/mol. The molecule has 260 valence electrons. The van der Waals surface area contributed by atoms with Gasteiger partial charge in [0, 0.05) is 58.4 Å². The second-order valence-corrected chi connectivity index (χ2v) is 14.9. The van der Waals surface area contributed by atoms with Gasteiger partial charge in [0.15, 0.2) is 0 Å². The summed E-state index contributed by atoms with van der Waals surface area (Å²) in [6.45, 7) is 22.7. The molecule has 0 bridgehead atoms. The Morgan fingerprint density at radius 3 is 1.76 bits per heavy atom. The number of carboxylic acids is 1. The van der Waals surface area contributed by atoms with Crippen LogP contribution in [-0.2, 0) is 30.3 Å². The molecule has 0 aromatic heterocycles. The Hall–Kier alpha value is -2.86. The van der Waals surface area contributed by atoms with E-state index in [1.807, 2.05) is 58.6 Å². The van der Waals surface area contributed by atoms with Crippen molar-refractivity contribution in [2.75, 3.05) is 72.0 Å². The van der Waals surface area contributed by atoms with Crippen LogP contribution in [-0.4, -0.2) is 138 Å². The van der Waals surface area contributed by atoms with Gasteiger partial charge in [0.05, 0.1) is 25.2 Å². The van der Waals surface area contributed by atoms with Gasteiger partial charge in [0.25, 0.3) is 0 Å². The average molecular weight is 647 g/mol. The number of rotatable bonds is 11. The molecule has 0 spiro atoms. The molecule has 1 aromatic rings. The van der Waals surface area contributed by atoms with E-state index in [1.165, 1.54) is 0 Å². The molecule has 2 rings (SSSR count). The zero-order valence-corrected chi connectivity index (χ0v) is 29.6. The average Bonchev–Trinajstić information content (AvgIpc) is 2.88. The second-order valence-electron chi connectivity index (χ2n) is 14.9. The minimum atomic E-state index is -0.993. The number of ketones is 1. The summed E-state index contributed by atoms with van der Waals surface area (Å²) in [5.41, 5.74) is -0.156. The Morgan fingerprint density at radius 2 is 1.26 bits per heavy atom. The molecular formula is C35H58N4O7. The monoisotopic (exact) mass is 646 g/mol. The van der Waals surface area contributed by atoms with Crippen LogP contribution in [0.2, 0.25) is 0 Å². The number of nitrogens with zero attached hydrogens (tertiary/aromatic N) is 4. The van der Waals surface area contributed by atoms with Crippen LogP contribution in [0.3, 0.4) is 0 Å². The van der Waals surface area contributed by atoms with Crippen molar-refractivity contribution in [2.45, 2.75) is 86.0 Å². The number of carbonyl (C=O) groups is 4. The third kappa shape index (κ3) is 16.1. The molecule has 1 aliphatic rings. The van der Waals surface area contributed by atoms with E-state index in [2.05, 4.69) is 28.5 Å². The Labute approximate surface area is 276 Å². The SMILES string of the molecule is CC(=O)CN1CCN(CC(C)C)CCN(CC(=O)OC(C)(C)C)C(Cc2ccc(C(=O)O)cc2)CN(CC(=O)OC(C)(C)C)CC1. The van der Waals surface area contributed by atoms with E-state index in [0.717, 1.165) is 18.7 Å². The van der Waals surface area contributed by atoms with Crippen LogP contribution in [0.4, 0.5) is 0 Å². The molecule has 1 fully saturated rings. The first-order valence-electron chi connectivity index (χ1n) is 16.5. The van der Waals surface area contributed by atoms with Gasteiger partial charge < -0.3 is 19.5 Å². The highest BCUT2D eigenvalue weighted by molar-refractivity contribution is 5.87. The predicted octanol–water partition coefficient (Wildman–Crippen LogP) is 3.45. The third-order valence-electron chi connectivity index (χ3n) is 7.42. The number of carbonyl (C=O) groups excluding carboxylic acids is 3. The van der Waals surface area contributed by atoms with Crippen molar-refractivity contribution in [3.05, 3.63) is 35.4 Å². The molecule has 1 N–H and O–H groups in total. The third-order valence-corrected chi connectivity index (χ3v) is 7.42. The van der Waals surface area contributed by atoms with E-state index >= 15 is 0 Å². The maximum atomic E-state index is 13.3. The second kappa shape index (κ2) is 17.9. The van der Waals surface area contributed by atoms with Gasteiger partial charge in [-0.05, 0) is 78.5 Å². The summed E-state index contributed by atoms with van der Waals surface area (Å²) < 4.78 is 11.4. The van der Waals surface area contributed by atoms with Crippen LogP contribution in [0.1, 0.15) is 78.2 Å². The van der Waals surface area contributed by atoms with Crippen molar-refractivity contribution in [1.82, 2.24) is 19.6 Å². The van der Waals surface area contributed by atoms with Crippen molar-refractivity contribution in [1.29, 1.82) is 0 Å². The lowest BCUT2D eigenvalue weighted by Gasteiger charge is -2.39. The van der Waals surface area contributed by atoms with Crippen LogP contribution < -0.4 is 0 Å². The summed E-state index contributed by atoms with van der Waals surface area (Å²) in [4.78, 5) is 58.8. The summed E-state index contributed by atoms with van der Waals surface area (Å²) in [6, 6.07) is 6.58. The van der Waals surface area contributed by atoms with Crippen LogP contribution in [0, 0.1) is 5.92 Å². The highest BCUT2D eigenvalue weighted by Crippen LogP contribution is 2.17. The summed E-state index contributed by atoms with van der Waals surface area (Å²) in [6.07, 6.45) is 0.523.